The molecule has 3 heterocycles. The van der Waals surface area contributed by atoms with E-state index < -0.39 is 78.2 Å². The van der Waals surface area contributed by atoms with Crippen LogP contribution in [-0.2, 0) is 0 Å². The molecule has 0 aliphatic heterocycles. The zero-order chi connectivity index (χ0) is 47.4. The van der Waals surface area contributed by atoms with Crippen LogP contribution in [0.15, 0.2) is 198 Å². The van der Waals surface area contributed by atoms with Crippen LogP contribution in [0.5, 0.6) is 0 Å². The second-order valence-corrected chi connectivity index (χ2v) is 13.1. The Morgan fingerprint density at radius 3 is 1.89 bits per heavy atom. The molecule has 0 saturated heterocycles. The van der Waals surface area contributed by atoms with Crippen LogP contribution < -0.4 is 0 Å². The molecule has 0 saturated carbocycles. The van der Waals surface area contributed by atoms with E-state index in [9.17, 15) is 4.11 Å². The lowest BCUT2D eigenvalue weighted by atomic mass is 9.97. The maximum absolute atomic E-state index is 9.89. The summed E-state index contributed by atoms with van der Waals surface area (Å²) < 4.78 is 115. The van der Waals surface area contributed by atoms with Gasteiger partial charge in [0.05, 0.1) is 27.5 Å². The Morgan fingerprint density at radius 1 is 0.411 bits per heavy atom. The van der Waals surface area contributed by atoms with Gasteiger partial charge in [-0.15, -0.1) is 0 Å². The van der Waals surface area contributed by atoms with E-state index >= 15 is 0 Å². The first-order valence-electron chi connectivity index (χ1n) is 23.8. The van der Waals surface area contributed by atoms with Gasteiger partial charge in [-0.05, 0) is 70.7 Å². The van der Waals surface area contributed by atoms with Gasteiger partial charge in [0.1, 0.15) is 11.2 Å². The summed E-state index contributed by atoms with van der Waals surface area (Å²) in [5.41, 5.74) is 4.03. The zero-order valence-corrected chi connectivity index (χ0v) is 29.2. The fourth-order valence-electron chi connectivity index (χ4n) is 7.19. The summed E-state index contributed by atoms with van der Waals surface area (Å²) in [7, 11) is 0. The molecule has 0 radical (unpaired) electrons. The average molecular weight is 729 g/mol. The summed E-state index contributed by atoms with van der Waals surface area (Å²) in [6.45, 7) is 0. The highest BCUT2D eigenvalue weighted by atomic mass is 16.3. The quantitative estimate of drug-likeness (QED) is 0.171. The van der Waals surface area contributed by atoms with Crippen LogP contribution in [0.4, 0.5) is 0 Å². The van der Waals surface area contributed by atoms with Crippen molar-refractivity contribution in [3.05, 3.63) is 194 Å². The van der Waals surface area contributed by atoms with Crippen molar-refractivity contribution < 1.29 is 20.9 Å². The molecule has 8 aromatic carbocycles. The van der Waals surface area contributed by atoms with Crippen LogP contribution in [0.25, 0.3) is 106 Å². The van der Waals surface area contributed by atoms with E-state index in [-0.39, 0.29) is 38.8 Å². The Balaban J connectivity index is 1.18. The molecule has 0 amide bonds. The summed E-state index contributed by atoms with van der Waals surface area (Å²) in [6, 6.07) is 30.4. The smallest absolute Gasteiger partial charge is 0.164 e. The van der Waals surface area contributed by atoms with Crippen molar-refractivity contribution in [2.24, 2.45) is 0 Å². The van der Waals surface area contributed by atoms with Crippen LogP contribution in [0, 0.1) is 0 Å². The maximum atomic E-state index is 9.89. The highest BCUT2D eigenvalue weighted by molar-refractivity contribution is 6.11. The lowest BCUT2D eigenvalue weighted by Gasteiger charge is -2.13. The van der Waals surface area contributed by atoms with E-state index in [4.69, 9.17) is 31.7 Å². The van der Waals surface area contributed by atoms with Crippen molar-refractivity contribution in [1.29, 1.82) is 0 Å². The van der Waals surface area contributed by atoms with Gasteiger partial charge >= 0.3 is 0 Å². The van der Waals surface area contributed by atoms with Crippen LogP contribution in [0.2, 0.25) is 0 Å². The van der Waals surface area contributed by atoms with Gasteiger partial charge in [-0.25, -0.2) is 15.0 Å². The van der Waals surface area contributed by atoms with E-state index in [1.807, 2.05) is 97.1 Å². The van der Waals surface area contributed by atoms with Gasteiger partial charge in [0, 0.05) is 43.9 Å². The van der Waals surface area contributed by atoms with E-state index in [0.29, 0.717) is 33.9 Å². The fraction of sp³-hybridized carbons (Fsp3) is 0. The van der Waals surface area contributed by atoms with Crippen molar-refractivity contribution in [3.8, 4) is 62.1 Å². The molecule has 0 fully saturated rings. The topological polar surface area (TPSA) is 56.7 Å². The first-order chi connectivity index (χ1) is 32.7. The van der Waals surface area contributed by atoms with Gasteiger partial charge in [-0.3, -0.25) is 0 Å². The largest absolute Gasteiger partial charge is 0.456 e. The van der Waals surface area contributed by atoms with Gasteiger partial charge in [0.25, 0.3) is 0 Å². The first kappa shape index (κ1) is 21.9. The number of para-hydroxylation sites is 3. The molecule has 0 aliphatic rings. The van der Waals surface area contributed by atoms with Gasteiger partial charge in [0.2, 0.25) is 0 Å². The Labute approximate surface area is 339 Å². The standard InChI is InChI=1S/C51H32N4O/c1-3-13-33(14-4-1)34-23-25-35(26-24-34)49-52-50(37-27-29-42-41-19-10-12-22-47(41)56-48(42)32-37)54-51(53-49)43-20-8-7-17-39(43)36-28-30-46-44(31-36)40-18-9-11-21-45(40)55(46)38-15-5-2-6-16-38/h1-32H/i2D,5D,6D,9D,11D,15D,16D,18D,21D,28D,30D,31D. The minimum absolute atomic E-state index is 0.0926. The van der Waals surface area contributed by atoms with Crippen molar-refractivity contribution >= 4 is 43.7 Å². The molecule has 0 atom stereocenters. The molecule has 11 aromatic rings. The number of furan rings is 1. The lowest BCUT2D eigenvalue weighted by molar-refractivity contribution is 0.669. The van der Waals surface area contributed by atoms with Crippen molar-refractivity contribution in [1.82, 2.24) is 19.5 Å². The van der Waals surface area contributed by atoms with Gasteiger partial charge < -0.3 is 8.98 Å². The molecule has 3 aromatic heterocycles. The number of aromatic nitrogens is 4. The molecular formula is C51H32N4O. The molecule has 11 rings (SSSR count). The summed E-state index contributed by atoms with van der Waals surface area (Å²) in [5.74, 6) is 0.766. The molecule has 0 N–H and O–H groups in total. The normalized spacial score (nSPS) is 14.6. The Morgan fingerprint density at radius 2 is 1.04 bits per heavy atom. The number of rotatable bonds is 6. The number of nitrogens with zero attached hydrogens (tertiary/aromatic N) is 4. The Kier molecular flexibility index (Phi) is 5.10. The monoisotopic (exact) mass is 728 g/mol. The summed E-state index contributed by atoms with van der Waals surface area (Å²) in [6.07, 6.45) is 0. The SMILES string of the molecule is [2H]c1c([2H])c([2H])c(-n2c3c([2H])c([2H])c([2H])c([2H])c3c3c([2H])c(-c4ccccc4-c4nc(-c5ccc(-c6ccccc6)cc5)nc(-c5ccc6c(c5)oc5ccccc56)n4)c([2H])c([2H])c32)c([2H])c1[2H]. The molecular weight excluding hydrogens is 685 g/mol. The number of fused-ring (bicyclic) bond motifs is 6. The van der Waals surface area contributed by atoms with Gasteiger partial charge in [-0.1, -0.05) is 145 Å². The summed E-state index contributed by atoms with van der Waals surface area (Å²) in [4.78, 5) is 15.0. The number of hydrogen-bond donors (Lipinski definition) is 0. The predicted octanol–water partition coefficient (Wildman–Crippen LogP) is 13.2. The highest BCUT2D eigenvalue weighted by Gasteiger charge is 2.19. The van der Waals surface area contributed by atoms with Crippen molar-refractivity contribution in [3.63, 3.8) is 0 Å². The molecule has 0 spiro atoms. The van der Waals surface area contributed by atoms with Crippen LogP contribution >= 0.6 is 0 Å². The highest BCUT2D eigenvalue weighted by Crippen LogP contribution is 2.39. The summed E-state index contributed by atoms with van der Waals surface area (Å²) in [5, 5.41) is 1.46. The third-order valence-electron chi connectivity index (χ3n) is 9.83. The first-order valence-corrected chi connectivity index (χ1v) is 17.8. The fourth-order valence-corrected chi connectivity index (χ4v) is 7.19. The zero-order valence-electron chi connectivity index (χ0n) is 41.2. The van der Waals surface area contributed by atoms with E-state index in [1.54, 1.807) is 24.3 Å². The van der Waals surface area contributed by atoms with Gasteiger partial charge in [0.15, 0.2) is 17.5 Å². The third-order valence-corrected chi connectivity index (χ3v) is 9.83. The van der Waals surface area contributed by atoms with Crippen molar-refractivity contribution in [2.75, 3.05) is 0 Å². The molecule has 0 bridgehead atoms. The maximum Gasteiger partial charge on any atom is 0.164 e. The molecule has 0 unspecified atom stereocenters. The van der Waals surface area contributed by atoms with Crippen LogP contribution in [0.1, 0.15) is 16.4 Å². The second-order valence-electron chi connectivity index (χ2n) is 13.1. The van der Waals surface area contributed by atoms with Crippen molar-refractivity contribution in [2.45, 2.75) is 0 Å². The third kappa shape index (κ3) is 5.37. The van der Waals surface area contributed by atoms with Crippen LogP contribution in [0.3, 0.4) is 0 Å². The molecule has 0 aliphatic carbocycles. The molecule has 56 heavy (non-hydrogen) atoms. The Bertz CT molecular complexity index is 3920. The predicted molar refractivity (Wildman–Crippen MR) is 229 cm³/mol. The number of benzene rings is 8. The average Bonchev–Trinajstić information content (AvgIpc) is 3.92. The van der Waals surface area contributed by atoms with Gasteiger partial charge in [-0.2, -0.15) is 0 Å². The second kappa shape index (κ2) is 13.0. The van der Waals surface area contributed by atoms with E-state index in [2.05, 4.69) is 0 Å². The molecule has 5 heteroatoms. The molecule has 262 valence electrons. The lowest BCUT2D eigenvalue weighted by Crippen LogP contribution is -2.01. The number of hydrogen-bond acceptors (Lipinski definition) is 4. The Hall–Kier alpha value is -7.63. The van der Waals surface area contributed by atoms with E-state index in [1.165, 1.54) is 0 Å². The molecule has 5 nitrogen and oxygen atoms in total. The minimum atomic E-state index is -0.716. The van der Waals surface area contributed by atoms with E-state index in [0.717, 1.165) is 32.0 Å². The minimum Gasteiger partial charge on any atom is -0.456 e. The van der Waals surface area contributed by atoms with Crippen LogP contribution in [-0.4, -0.2) is 19.5 Å². The summed E-state index contributed by atoms with van der Waals surface area (Å²) >= 11 is 0.